The van der Waals surface area contributed by atoms with Gasteiger partial charge in [0.2, 0.25) is 5.91 Å². The maximum atomic E-state index is 12.5. The summed E-state index contributed by atoms with van der Waals surface area (Å²) in [7, 11) is 0. The van der Waals surface area contributed by atoms with Gasteiger partial charge in [-0.15, -0.1) is 0 Å². The molecule has 1 amide bonds. The Balaban J connectivity index is 1.22. The van der Waals surface area contributed by atoms with Crippen molar-refractivity contribution in [2.45, 2.75) is 25.7 Å². The summed E-state index contributed by atoms with van der Waals surface area (Å²) in [5, 5.41) is 2.94. The van der Waals surface area contributed by atoms with E-state index in [1.165, 1.54) is 0 Å². The molecule has 2 fully saturated rings. The molecule has 1 saturated carbocycles. The summed E-state index contributed by atoms with van der Waals surface area (Å²) in [6, 6.07) is 13.3. The fraction of sp³-hybridized carbons (Fsp3) is 0.360. The average Bonchev–Trinajstić information content (AvgIpc) is 3.23. The first-order valence-corrected chi connectivity index (χ1v) is 10.6. The van der Waals surface area contributed by atoms with Crippen LogP contribution in [0.4, 0.5) is 5.69 Å². The van der Waals surface area contributed by atoms with E-state index in [1.807, 2.05) is 42.5 Å². The van der Waals surface area contributed by atoms with E-state index in [0.717, 1.165) is 28.8 Å². The molecular weight excluding hydrogens is 394 g/mol. The largest absolute Gasteiger partial charge is 0.486 e. The normalized spacial score (nSPS) is 23.9. The summed E-state index contributed by atoms with van der Waals surface area (Å²) in [6.07, 6.45) is 2.45. The predicted molar refractivity (Wildman–Crippen MR) is 115 cm³/mol. The summed E-state index contributed by atoms with van der Waals surface area (Å²) in [5.41, 5.74) is 3.31. The molecule has 2 heterocycles. The van der Waals surface area contributed by atoms with E-state index >= 15 is 0 Å². The maximum absolute atomic E-state index is 12.5. The van der Waals surface area contributed by atoms with Gasteiger partial charge in [-0.05, 0) is 54.7 Å². The summed E-state index contributed by atoms with van der Waals surface area (Å²) >= 11 is 0. The number of hydrogen-bond acceptors (Lipinski definition) is 5. The van der Waals surface area contributed by atoms with Crippen LogP contribution in [0.5, 0.6) is 11.5 Å². The van der Waals surface area contributed by atoms with Crippen LogP contribution < -0.4 is 14.8 Å². The van der Waals surface area contributed by atoms with Gasteiger partial charge in [-0.25, -0.2) is 0 Å². The van der Waals surface area contributed by atoms with E-state index in [9.17, 15) is 9.59 Å². The van der Waals surface area contributed by atoms with Gasteiger partial charge in [0.15, 0.2) is 11.5 Å². The number of nitrogens with one attached hydrogen (secondary N) is 1. The quantitative estimate of drug-likeness (QED) is 0.591. The highest BCUT2D eigenvalue weighted by atomic mass is 16.6. The standard InChI is InChI=1S/C25H25NO5/c1-16-10-19-15-31-24(28)25(19,13-16)14-17-2-5-20(6-3-17)26-23(27)12-18-4-7-21-22(11-18)30-9-8-29-21/h2-7,11,19H,1,8-10,12-15H2,(H,26,27). The number of fused-ring (bicyclic) bond motifs is 2. The van der Waals surface area contributed by atoms with Crippen LogP contribution >= 0.6 is 0 Å². The molecule has 6 heteroatoms. The number of rotatable bonds is 5. The van der Waals surface area contributed by atoms with Crippen LogP contribution in [0.25, 0.3) is 0 Å². The number of carbonyl (C=O) groups is 2. The lowest BCUT2D eigenvalue weighted by Crippen LogP contribution is -2.31. The van der Waals surface area contributed by atoms with Crippen molar-refractivity contribution in [2.75, 3.05) is 25.1 Å². The Morgan fingerprint density at radius 3 is 2.58 bits per heavy atom. The molecule has 0 bridgehead atoms. The SMILES string of the molecule is C=C1CC2COC(=O)C2(Cc2ccc(NC(=O)Cc3ccc4c(c3)OCCO4)cc2)C1. The van der Waals surface area contributed by atoms with Crippen LogP contribution in [-0.4, -0.2) is 31.7 Å². The van der Waals surface area contributed by atoms with Gasteiger partial charge in [0.1, 0.15) is 13.2 Å². The number of anilines is 1. The molecule has 0 radical (unpaired) electrons. The van der Waals surface area contributed by atoms with Crippen molar-refractivity contribution in [1.29, 1.82) is 0 Å². The molecule has 2 unspecified atom stereocenters. The van der Waals surface area contributed by atoms with Crippen molar-refractivity contribution in [3.8, 4) is 11.5 Å². The Morgan fingerprint density at radius 1 is 1.03 bits per heavy atom. The second kappa shape index (κ2) is 7.76. The smallest absolute Gasteiger partial charge is 0.313 e. The van der Waals surface area contributed by atoms with Crippen molar-refractivity contribution >= 4 is 17.6 Å². The highest BCUT2D eigenvalue weighted by Crippen LogP contribution is 2.52. The first kappa shape index (κ1) is 19.7. The second-order valence-corrected chi connectivity index (χ2v) is 8.66. The van der Waals surface area contributed by atoms with Gasteiger partial charge in [-0.3, -0.25) is 9.59 Å². The number of amides is 1. The van der Waals surface area contributed by atoms with Gasteiger partial charge in [0.25, 0.3) is 0 Å². The molecule has 2 aliphatic heterocycles. The highest BCUT2D eigenvalue weighted by Gasteiger charge is 2.55. The summed E-state index contributed by atoms with van der Waals surface area (Å²) in [6.45, 7) is 5.64. The molecule has 31 heavy (non-hydrogen) atoms. The Labute approximate surface area is 181 Å². The maximum Gasteiger partial charge on any atom is 0.313 e. The Kier molecular flexibility index (Phi) is 4.93. The summed E-state index contributed by atoms with van der Waals surface area (Å²) in [4.78, 5) is 25.0. The molecule has 2 aromatic rings. The van der Waals surface area contributed by atoms with Crippen LogP contribution in [0.1, 0.15) is 24.0 Å². The molecule has 160 valence electrons. The molecule has 1 aliphatic carbocycles. The monoisotopic (exact) mass is 419 g/mol. The summed E-state index contributed by atoms with van der Waals surface area (Å²) < 4.78 is 16.5. The van der Waals surface area contributed by atoms with Crippen LogP contribution in [-0.2, 0) is 27.2 Å². The van der Waals surface area contributed by atoms with Crippen LogP contribution in [0.2, 0.25) is 0 Å². The fourth-order valence-corrected chi connectivity index (χ4v) is 4.92. The number of esters is 1. The molecule has 6 nitrogen and oxygen atoms in total. The van der Waals surface area contributed by atoms with Crippen molar-refractivity contribution in [2.24, 2.45) is 11.3 Å². The van der Waals surface area contributed by atoms with Crippen LogP contribution in [0.3, 0.4) is 0 Å². The fourth-order valence-electron chi connectivity index (χ4n) is 4.92. The zero-order valence-corrected chi connectivity index (χ0v) is 17.3. The van der Waals surface area contributed by atoms with E-state index in [0.29, 0.717) is 44.2 Å². The molecule has 1 N–H and O–H groups in total. The Morgan fingerprint density at radius 2 is 1.77 bits per heavy atom. The molecule has 1 saturated heterocycles. The first-order chi connectivity index (χ1) is 15.0. The molecule has 0 spiro atoms. The molecule has 2 atom stereocenters. The lowest BCUT2D eigenvalue weighted by molar-refractivity contribution is -0.146. The van der Waals surface area contributed by atoms with Gasteiger partial charge in [-0.2, -0.15) is 0 Å². The minimum atomic E-state index is -0.472. The van der Waals surface area contributed by atoms with Crippen LogP contribution in [0.15, 0.2) is 54.6 Å². The van der Waals surface area contributed by atoms with Crippen molar-refractivity contribution in [3.63, 3.8) is 0 Å². The second-order valence-electron chi connectivity index (χ2n) is 8.66. The van der Waals surface area contributed by atoms with E-state index in [2.05, 4.69) is 11.9 Å². The van der Waals surface area contributed by atoms with Gasteiger partial charge < -0.3 is 19.5 Å². The number of carbonyl (C=O) groups excluding carboxylic acids is 2. The Hall–Kier alpha value is -3.28. The molecule has 3 aliphatic rings. The molecule has 2 aromatic carbocycles. The van der Waals surface area contributed by atoms with Crippen molar-refractivity contribution in [1.82, 2.24) is 0 Å². The van der Waals surface area contributed by atoms with E-state index in [4.69, 9.17) is 14.2 Å². The topological polar surface area (TPSA) is 73.9 Å². The molecular formula is C25H25NO5. The number of benzene rings is 2. The van der Waals surface area contributed by atoms with Crippen LogP contribution in [0, 0.1) is 11.3 Å². The third kappa shape index (κ3) is 3.78. The number of ether oxygens (including phenoxy) is 3. The van der Waals surface area contributed by atoms with Crippen molar-refractivity contribution < 1.29 is 23.8 Å². The molecule has 0 aromatic heterocycles. The minimum absolute atomic E-state index is 0.102. The zero-order chi connectivity index (χ0) is 21.4. The van der Waals surface area contributed by atoms with E-state index in [1.54, 1.807) is 0 Å². The third-order valence-electron chi connectivity index (χ3n) is 6.43. The number of allylic oxidation sites excluding steroid dienone is 1. The lowest BCUT2D eigenvalue weighted by atomic mass is 9.75. The molecule has 5 rings (SSSR count). The van der Waals surface area contributed by atoms with Gasteiger partial charge in [-0.1, -0.05) is 30.4 Å². The number of cyclic esters (lactones) is 1. The van der Waals surface area contributed by atoms with E-state index < -0.39 is 5.41 Å². The predicted octanol–water partition coefficient (Wildman–Crippen LogP) is 3.69. The zero-order valence-electron chi connectivity index (χ0n) is 17.3. The lowest BCUT2D eigenvalue weighted by Gasteiger charge is -2.24. The van der Waals surface area contributed by atoms with Gasteiger partial charge in [0.05, 0.1) is 18.4 Å². The van der Waals surface area contributed by atoms with Gasteiger partial charge in [0, 0.05) is 11.6 Å². The van der Waals surface area contributed by atoms with Gasteiger partial charge >= 0.3 is 5.97 Å². The Bertz CT molecular complexity index is 1040. The first-order valence-electron chi connectivity index (χ1n) is 10.6. The summed E-state index contributed by atoms with van der Waals surface area (Å²) in [5.74, 6) is 1.41. The van der Waals surface area contributed by atoms with Crippen molar-refractivity contribution in [3.05, 3.63) is 65.7 Å². The third-order valence-corrected chi connectivity index (χ3v) is 6.43. The average molecular weight is 419 g/mol. The highest BCUT2D eigenvalue weighted by molar-refractivity contribution is 5.92. The minimum Gasteiger partial charge on any atom is -0.486 e. The number of hydrogen-bond donors (Lipinski definition) is 1. The van der Waals surface area contributed by atoms with E-state index in [-0.39, 0.29) is 24.2 Å².